The Morgan fingerprint density at radius 2 is 1.75 bits per heavy atom. The lowest BCUT2D eigenvalue weighted by Crippen LogP contribution is -2.33. The van der Waals surface area contributed by atoms with Crippen molar-refractivity contribution in [2.24, 2.45) is 0 Å². The molecule has 0 N–H and O–H groups in total. The number of benzene rings is 2. The normalized spacial score (nSPS) is 13.9. The van der Waals surface area contributed by atoms with Gasteiger partial charge in [-0.15, -0.1) is 0 Å². The lowest BCUT2D eigenvalue weighted by atomic mass is 10.1. The molecule has 0 saturated carbocycles. The molecule has 0 unspecified atom stereocenters. The van der Waals surface area contributed by atoms with Gasteiger partial charge < -0.3 is 9.64 Å². The lowest BCUT2D eigenvalue weighted by Gasteiger charge is -2.24. The highest BCUT2D eigenvalue weighted by molar-refractivity contribution is 6.30. The summed E-state index contributed by atoms with van der Waals surface area (Å²) < 4.78 is 5.81. The number of ether oxygens (including phenoxy) is 1. The van der Waals surface area contributed by atoms with Crippen LogP contribution in [0.1, 0.15) is 30.9 Å². The molecule has 6 heteroatoms. The zero-order chi connectivity index (χ0) is 20.1. The number of anilines is 1. The highest BCUT2D eigenvalue weighted by Crippen LogP contribution is 2.23. The average molecular weight is 401 g/mol. The van der Waals surface area contributed by atoms with Crippen LogP contribution in [-0.4, -0.2) is 36.4 Å². The fourth-order valence-electron chi connectivity index (χ4n) is 3.35. The SMILES string of the molecule is CCN(Cc1ccc(OCCN2C(=O)CCC2=O)c(C)c1)c1ccc(Cl)cc1. The zero-order valence-corrected chi connectivity index (χ0v) is 17.0. The van der Waals surface area contributed by atoms with Crippen molar-refractivity contribution in [3.63, 3.8) is 0 Å². The van der Waals surface area contributed by atoms with E-state index in [1.54, 1.807) is 0 Å². The van der Waals surface area contributed by atoms with Gasteiger partial charge in [-0.05, 0) is 55.3 Å². The molecule has 1 aliphatic heterocycles. The summed E-state index contributed by atoms with van der Waals surface area (Å²) in [7, 11) is 0. The largest absolute Gasteiger partial charge is 0.491 e. The first kappa shape index (κ1) is 20.2. The van der Waals surface area contributed by atoms with Gasteiger partial charge in [-0.25, -0.2) is 0 Å². The minimum atomic E-state index is -0.109. The van der Waals surface area contributed by atoms with E-state index >= 15 is 0 Å². The Balaban J connectivity index is 1.59. The summed E-state index contributed by atoms with van der Waals surface area (Å²) in [6, 6.07) is 14.0. The van der Waals surface area contributed by atoms with Crippen molar-refractivity contribution in [2.45, 2.75) is 33.2 Å². The Morgan fingerprint density at radius 3 is 2.36 bits per heavy atom. The van der Waals surface area contributed by atoms with E-state index in [-0.39, 0.29) is 11.8 Å². The fourth-order valence-corrected chi connectivity index (χ4v) is 3.47. The van der Waals surface area contributed by atoms with E-state index in [0.29, 0.717) is 26.0 Å². The van der Waals surface area contributed by atoms with E-state index in [9.17, 15) is 9.59 Å². The third-order valence-electron chi connectivity index (χ3n) is 4.91. The molecule has 0 aromatic heterocycles. The molecule has 28 heavy (non-hydrogen) atoms. The van der Waals surface area contributed by atoms with Crippen molar-refractivity contribution in [1.82, 2.24) is 4.90 Å². The number of aryl methyl sites for hydroxylation is 1. The molecule has 3 rings (SSSR count). The number of carbonyl (C=O) groups excluding carboxylic acids is 2. The standard InChI is InChI=1S/C22H25ClN2O3/c1-3-24(19-7-5-18(23)6-8-19)15-17-4-9-20(16(2)14-17)28-13-12-25-21(26)10-11-22(25)27/h4-9,14H,3,10-13,15H2,1-2H3. The van der Waals surface area contributed by atoms with Crippen LogP contribution in [0, 0.1) is 6.92 Å². The number of imide groups is 1. The molecule has 1 saturated heterocycles. The number of likely N-dealkylation sites (tertiary alicyclic amines) is 1. The molecule has 2 amide bonds. The van der Waals surface area contributed by atoms with Gasteiger partial charge >= 0.3 is 0 Å². The maximum atomic E-state index is 11.6. The Hall–Kier alpha value is -2.53. The maximum absolute atomic E-state index is 11.6. The van der Waals surface area contributed by atoms with Gasteiger partial charge in [0.1, 0.15) is 12.4 Å². The summed E-state index contributed by atoms with van der Waals surface area (Å²) in [6.07, 6.45) is 0.627. The van der Waals surface area contributed by atoms with Crippen molar-refractivity contribution in [2.75, 3.05) is 24.6 Å². The first-order valence-electron chi connectivity index (χ1n) is 9.54. The molecule has 2 aromatic carbocycles. The third-order valence-corrected chi connectivity index (χ3v) is 5.17. The summed E-state index contributed by atoms with van der Waals surface area (Å²) in [6.45, 7) is 6.42. The smallest absolute Gasteiger partial charge is 0.229 e. The number of hydrogen-bond donors (Lipinski definition) is 0. The number of rotatable bonds is 8. The van der Waals surface area contributed by atoms with Crippen LogP contribution < -0.4 is 9.64 Å². The van der Waals surface area contributed by atoms with E-state index in [4.69, 9.17) is 16.3 Å². The van der Waals surface area contributed by atoms with E-state index in [1.165, 1.54) is 10.5 Å². The van der Waals surface area contributed by atoms with Crippen LogP contribution in [0.25, 0.3) is 0 Å². The Bertz CT molecular complexity index is 835. The van der Waals surface area contributed by atoms with Crippen molar-refractivity contribution in [1.29, 1.82) is 0 Å². The number of amides is 2. The number of halogens is 1. The highest BCUT2D eigenvalue weighted by atomic mass is 35.5. The first-order valence-corrected chi connectivity index (χ1v) is 9.91. The minimum Gasteiger partial charge on any atom is -0.491 e. The molecular formula is C22H25ClN2O3. The molecule has 0 spiro atoms. The molecule has 5 nitrogen and oxygen atoms in total. The Labute approximate surface area is 170 Å². The van der Waals surface area contributed by atoms with Gasteiger partial charge in [0, 0.05) is 36.6 Å². The highest BCUT2D eigenvalue weighted by Gasteiger charge is 2.28. The summed E-state index contributed by atoms with van der Waals surface area (Å²) in [4.78, 5) is 26.8. The van der Waals surface area contributed by atoms with Gasteiger partial charge in [0.2, 0.25) is 11.8 Å². The second-order valence-electron chi connectivity index (χ2n) is 6.88. The molecule has 0 radical (unpaired) electrons. The third kappa shape index (κ3) is 4.84. The van der Waals surface area contributed by atoms with Gasteiger partial charge in [0.25, 0.3) is 0 Å². The number of carbonyl (C=O) groups is 2. The van der Waals surface area contributed by atoms with E-state index in [2.05, 4.69) is 17.9 Å². The van der Waals surface area contributed by atoms with E-state index in [0.717, 1.165) is 35.1 Å². The summed E-state index contributed by atoms with van der Waals surface area (Å²) in [5.41, 5.74) is 3.35. The number of nitrogens with zero attached hydrogens (tertiary/aromatic N) is 2. The predicted octanol–water partition coefficient (Wildman–Crippen LogP) is 4.20. The van der Waals surface area contributed by atoms with Crippen LogP contribution >= 0.6 is 11.6 Å². The van der Waals surface area contributed by atoms with Gasteiger partial charge in [-0.2, -0.15) is 0 Å². The van der Waals surface area contributed by atoms with Gasteiger partial charge in [-0.1, -0.05) is 23.7 Å². The van der Waals surface area contributed by atoms with E-state index in [1.807, 2.05) is 43.3 Å². The summed E-state index contributed by atoms with van der Waals surface area (Å²) >= 11 is 5.98. The molecule has 148 valence electrons. The van der Waals surface area contributed by atoms with Crippen molar-refractivity contribution in [3.05, 3.63) is 58.6 Å². The van der Waals surface area contributed by atoms with Crippen molar-refractivity contribution < 1.29 is 14.3 Å². The van der Waals surface area contributed by atoms with E-state index < -0.39 is 0 Å². The fraction of sp³-hybridized carbons (Fsp3) is 0.364. The zero-order valence-electron chi connectivity index (χ0n) is 16.3. The predicted molar refractivity (Wildman–Crippen MR) is 111 cm³/mol. The monoisotopic (exact) mass is 400 g/mol. The summed E-state index contributed by atoms with van der Waals surface area (Å²) in [5, 5.41) is 0.731. The topological polar surface area (TPSA) is 49.9 Å². The molecule has 1 heterocycles. The maximum Gasteiger partial charge on any atom is 0.229 e. The second kappa shape index (κ2) is 9.11. The molecule has 1 fully saturated rings. The van der Waals surface area contributed by atoms with Crippen LogP contribution in [0.15, 0.2) is 42.5 Å². The van der Waals surface area contributed by atoms with Gasteiger partial charge in [0.05, 0.1) is 6.54 Å². The molecular weight excluding hydrogens is 376 g/mol. The van der Waals surface area contributed by atoms with Crippen LogP contribution in [0.5, 0.6) is 5.75 Å². The lowest BCUT2D eigenvalue weighted by molar-refractivity contribution is -0.138. The molecule has 2 aromatic rings. The average Bonchev–Trinajstić information content (AvgIpc) is 3.00. The quantitative estimate of drug-likeness (QED) is 0.623. The van der Waals surface area contributed by atoms with Gasteiger partial charge in [-0.3, -0.25) is 14.5 Å². The van der Waals surface area contributed by atoms with Crippen LogP contribution in [0.2, 0.25) is 5.02 Å². The molecule has 0 atom stereocenters. The summed E-state index contributed by atoms with van der Waals surface area (Å²) in [5.74, 6) is 0.558. The molecule has 0 aliphatic carbocycles. The Kier molecular flexibility index (Phi) is 6.57. The van der Waals surface area contributed by atoms with Gasteiger partial charge in [0.15, 0.2) is 0 Å². The van der Waals surface area contributed by atoms with Crippen molar-refractivity contribution >= 4 is 29.1 Å². The van der Waals surface area contributed by atoms with Crippen molar-refractivity contribution in [3.8, 4) is 5.75 Å². The number of hydrogen-bond acceptors (Lipinski definition) is 4. The first-order chi connectivity index (χ1) is 13.5. The van der Waals surface area contributed by atoms with Crippen LogP contribution in [0.3, 0.4) is 0 Å². The Morgan fingerprint density at radius 1 is 1.07 bits per heavy atom. The minimum absolute atomic E-state index is 0.109. The van der Waals surface area contributed by atoms with Crippen LogP contribution in [-0.2, 0) is 16.1 Å². The molecule has 0 bridgehead atoms. The van der Waals surface area contributed by atoms with Crippen LogP contribution in [0.4, 0.5) is 5.69 Å². The second-order valence-corrected chi connectivity index (χ2v) is 7.31. The molecule has 1 aliphatic rings.